The molecule has 520 valence electrons. The zero-order chi connectivity index (χ0) is 71.4. The number of hydrogen-bond acceptors (Lipinski definition) is 19. The van der Waals surface area contributed by atoms with Gasteiger partial charge in [-0.2, -0.15) is 0 Å². The van der Waals surface area contributed by atoms with E-state index in [9.17, 15) is 28.8 Å². The summed E-state index contributed by atoms with van der Waals surface area (Å²) in [5.41, 5.74) is 14.3. The Morgan fingerprint density at radius 3 is 0.931 bits per heavy atom. The number of rotatable bonds is 23. The lowest BCUT2D eigenvalue weighted by atomic mass is 10.00. The summed E-state index contributed by atoms with van der Waals surface area (Å²) in [6.45, 7) is 5.50. The third-order valence-corrected chi connectivity index (χ3v) is 17.2. The Morgan fingerprint density at radius 2 is 0.663 bits per heavy atom. The Hall–Kier alpha value is -11.2. The highest BCUT2D eigenvalue weighted by atomic mass is 35.5. The fourth-order valence-corrected chi connectivity index (χ4v) is 12.0. The molecule has 0 bridgehead atoms. The average Bonchev–Trinajstić information content (AvgIpc) is 1.61. The first kappa shape index (κ1) is 71.1. The highest BCUT2D eigenvalue weighted by Crippen LogP contribution is 2.38. The lowest BCUT2D eigenvalue weighted by Gasteiger charge is -2.14. The van der Waals surface area contributed by atoms with E-state index in [1.807, 2.05) is 125 Å². The largest absolute Gasteiger partial charge is 0.497 e. The molecule has 9 aromatic rings. The number of nitrogens with two attached hydrogens (primary N) is 1. The summed E-state index contributed by atoms with van der Waals surface area (Å²) in [5, 5.41) is 43.6. The molecule has 101 heavy (non-hydrogen) atoms. The van der Waals surface area contributed by atoms with Gasteiger partial charge in [0.2, 0.25) is 35.4 Å². The highest BCUT2D eigenvalue weighted by molar-refractivity contribution is 6.31. The number of amides is 6. The summed E-state index contributed by atoms with van der Waals surface area (Å²) in [6, 6.07) is 36.5. The minimum Gasteiger partial charge on any atom is -0.497 e. The normalized spacial score (nSPS) is 14.6. The smallest absolute Gasteiger partial charge is 0.239 e. The standard InChI is InChI=1S/C46H44Cl2N12O6.C24H26ClN7O3/c1-25-55-57-45-35(53-43(27-5-9-29(47)10-6-27)33-19-31(65-3)13-15-37(33)59(25)45)21-39(61)51-23-41(63)49-17-18-50-42(64)24-52-40(62)22-36-46-58-56-26(2)60(46)38-16-14-32(66-4)20-34(38)44(54-36)28-7-11-30(48)12-8-28;1-14-30-31-24-19(12-21(33)28-13-22(34)27-10-9-26)29-23(15-3-5-16(25)6-4-15)18-11-17(35-2)7-8-20(18)32(14)24/h5-16,19-20,35-36H,17-18,21-24H2,1-4H3,(H,49,63)(H,50,64)(H,51,61)(H,52,62);3-8,11,19H,9-10,12-13,26H2,1-2H3,(H,27,34)(H,28,33)/t35-,36-;19-/m00/s1. The number of aromatic nitrogens is 9. The van der Waals surface area contributed by atoms with Crippen LogP contribution in [0.1, 0.15) is 106 Å². The quantitative estimate of drug-likeness (QED) is 0.0349. The first-order valence-electron chi connectivity index (χ1n) is 31.9. The molecule has 12 rings (SSSR count). The lowest BCUT2D eigenvalue weighted by molar-refractivity contribution is -0.126. The summed E-state index contributed by atoms with van der Waals surface area (Å²) < 4.78 is 22.2. The second-order valence-electron chi connectivity index (χ2n) is 23.3. The van der Waals surface area contributed by atoms with Crippen LogP contribution in [0.5, 0.6) is 17.2 Å². The fraction of sp³-hybridized carbons (Fsp3) is 0.271. The maximum atomic E-state index is 13.4. The molecule has 8 N–H and O–H groups in total. The van der Waals surface area contributed by atoms with E-state index in [2.05, 4.69) is 62.5 Å². The second kappa shape index (κ2) is 32.2. The molecular formula is C70H70Cl3N19O9. The van der Waals surface area contributed by atoms with Crippen LogP contribution in [0.2, 0.25) is 15.1 Å². The number of methoxy groups -OCH3 is 3. The number of fused-ring (bicyclic) bond motifs is 9. The molecule has 31 heteroatoms. The van der Waals surface area contributed by atoms with Gasteiger partial charge in [0.15, 0.2) is 17.5 Å². The van der Waals surface area contributed by atoms with Gasteiger partial charge in [-0.1, -0.05) is 71.2 Å². The number of nitrogens with zero attached hydrogens (tertiary/aromatic N) is 12. The molecule has 3 aromatic heterocycles. The van der Waals surface area contributed by atoms with Gasteiger partial charge in [-0.05, 0) is 112 Å². The number of aryl methyl sites for hydroxylation is 3. The first-order valence-corrected chi connectivity index (χ1v) is 33.1. The van der Waals surface area contributed by atoms with Crippen molar-refractivity contribution < 1.29 is 43.0 Å². The van der Waals surface area contributed by atoms with Crippen LogP contribution in [-0.2, 0) is 28.8 Å². The Morgan fingerprint density at radius 1 is 0.386 bits per heavy atom. The number of carbonyl (C=O) groups excluding carboxylic acids is 6. The SMILES string of the molecule is COc1ccc2c(c1)C(c1ccc(Cl)cc1)=N[C@@H](CC(=O)NCC(=O)NCCN)c1nnc(C)n1-2.COc1ccc2c(c1)C(c1ccc(Cl)cc1)=N[C@@H](CC(=O)NCC(=O)NCCNC(=O)CNC(=O)C[C@@H]1N=C(c3ccc(Cl)cc3)c3cc(OC)ccc3-n3c(C)nnc31)c1nnc(C)n1-2. The van der Waals surface area contributed by atoms with Gasteiger partial charge in [-0.25, -0.2) is 0 Å². The fourth-order valence-electron chi connectivity index (χ4n) is 11.6. The molecule has 0 spiro atoms. The van der Waals surface area contributed by atoms with Crippen molar-refractivity contribution >= 4 is 87.4 Å². The number of nitrogens with one attached hydrogen (secondary N) is 6. The lowest BCUT2D eigenvalue weighted by Crippen LogP contribution is -2.42. The Kier molecular flexibility index (Phi) is 22.7. The molecule has 6 heterocycles. The molecule has 3 aliphatic heterocycles. The Bertz CT molecular complexity index is 4510. The average molecular weight is 1430 g/mol. The van der Waals surface area contributed by atoms with Gasteiger partial charge in [0.05, 0.1) is 94.4 Å². The Labute approximate surface area is 594 Å². The molecule has 0 aliphatic carbocycles. The van der Waals surface area contributed by atoms with Crippen LogP contribution in [0, 0.1) is 20.8 Å². The van der Waals surface area contributed by atoms with Crippen molar-refractivity contribution in [3.05, 3.63) is 211 Å². The summed E-state index contributed by atoms with van der Waals surface area (Å²) >= 11 is 18.5. The van der Waals surface area contributed by atoms with Crippen molar-refractivity contribution in [2.45, 2.75) is 58.2 Å². The van der Waals surface area contributed by atoms with E-state index in [0.29, 0.717) is 97.5 Å². The molecule has 6 amide bonds. The predicted molar refractivity (Wildman–Crippen MR) is 378 cm³/mol. The van der Waals surface area contributed by atoms with Crippen molar-refractivity contribution in [3.8, 4) is 34.3 Å². The van der Waals surface area contributed by atoms with Crippen LogP contribution in [0.4, 0.5) is 0 Å². The summed E-state index contributed by atoms with van der Waals surface area (Å²) in [4.78, 5) is 92.0. The van der Waals surface area contributed by atoms with Crippen LogP contribution in [-0.4, -0.2) is 164 Å². The van der Waals surface area contributed by atoms with Crippen LogP contribution in [0.25, 0.3) is 17.1 Å². The number of halogens is 3. The van der Waals surface area contributed by atoms with Gasteiger partial charge < -0.3 is 51.8 Å². The maximum Gasteiger partial charge on any atom is 0.239 e. The number of benzene rings is 6. The van der Waals surface area contributed by atoms with Gasteiger partial charge in [0.25, 0.3) is 0 Å². The zero-order valence-corrected chi connectivity index (χ0v) is 57.9. The molecular weight excluding hydrogens is 1360 g/mol. The van der Waals surface area contributed by atoms with Crippen LogP contribution in [0.3, 0.4) is 0 Å². The highest BCUT2D eigenvalue weighted by Gasteiger charge is 2.34. The third kappa shape index (κ3) is 16.6. The Balaban J connectivity index is 0.000000246. The molecule has 0 fully saturated rings. The van der Waals surface area contributed by atoms with Crippen LogP contribution >= 0.6 is 34.8 Å². The van der Waals surface area contributed by atoms with E-state index in [1.54, 1.807) is 57.7 Å². The van der Waals surface area contributed by atoms with E-state index in [1.165, 1.54) is 0 Å². The minimum atomic E-state index is -0.758. The van der Waals surface area contributed by atoms with Crippen LogP contribution in [0.15, 0.2) is 142 Å². The van der Waals surface area contributed by atoms with E-state index in [0.717, 1.165) is 50.4 Å². The monoisotopic (exact) mass is 1430 g/mol. The van der Waals surface area contributed by atoms with Gasteiger partial charge >= 0.3 is 0 Å². The van der Waals surface area contributed by atoms with E-state index in [-0.39, 0.29) is 63.8 Å². The summed E-state index contributed by atoms with van der Waals surface area (Å²) in [7, 11) is 4.76. The van der Waals surface area contributed by atoms with Gasteiger partial charge in [-0.15, -0.1) is 30.6 Å². The number of hydrogen-bond donors (Lipinski definition) is 7. The van der Waals surface area contributed by atoms with Gasteiger partial charge in [-0.3, -0.25) is 57.4 Å². The van der Waals surface area contributed by atoms with Gasteiger partial charge in [0.1, 0.15) is 52.8 Å². The zero-order valence-electron chi connectivity index (χ0n) is 55.7. The molecule has 28 nitrogen and oxygen atoms in total. The third-order valence-electron chi connectivity index (χ3n) is 16.5. The maximum absolute atomic E-state index is 13.4. The van der Waals surface area contributed by atoms with E-state index in [4.69, 9.17) is 69.7 Å². The molecule has 0 saturated carbocycles. The van der Waals surface area contributed by atoms with Crippen molar-refractivity contribution in [1.29, 1.82) is 0 Å². The predicted octanol–water partition coefficient (Wildman–Crippen LogP) is 6.23. The van der Waals surface area contributed by atoms with Crippen molar-refractivity contribution in [1.82, 2.24) is 76.2 Å². The van der Waals surface area contributed by atoms with Crippen LogP contribution < -0.4 is 51.8 Å². The van der Waals surface area contributed by atoms with Crippen molar-refractivity contribution in [2.24, 2.45) is 20.7 Å². The van der Waals surface area contributed by atoms with Crippen molar-refractivity contribution in [3.63, 3.8) is 0 Å². The van der Waals surface area contributed by atoms with Crippen molar-refractivity contribution in [2.75, 3.05) is 67.1 Å². The topological polar surface area (TPSA) is 358 Å². The molecule has 3 atom stereocenters. The minimum absolute atomic E-state index is 0.0233. The van der Waals surface area contributed by atoms with Gasteiger partial charge in [0, 0.05) is 74.6 Å². The molecule has 6 aromatic carbocycles. The summed E-state index contributed by atoms with van der Waals surface area (Å²) in [6.07, 6.45) is -0.284. The van der Waals surface area contributed by atoms with E-state index < -0.39 is 41.8 Å². The summed E-state index contributed by atoms with van der Waals surface area (Å²) in [5.74, 6) is 2.75. The molecule has 0 radical (unpaired) electrons. The molecule has 0 saturated heterocycles. The number of carbonyl (C=O) groups is 6. The second-order valence-corrected chi connectivity index (χ2v) is 24.6. The molecule has 0 unspecified atom stereocenters. The molecule has 3 aliphatic rings. The number of aliphatic imine (C=N–C) groups is 3. The van der Waals surface area contributed by atoms with E-state index >= 15 is 0 Å². The first-order chi connectivity index (χ1) is 48.8. The number of ether oxygens (including phenoxy) is 3.